The number of benzene rings is 1. The maximum atomic E-state index is 12.9. The van der Waals surface area contributed by atoms with Gasteiger partial charge in [-0.2, -0.15) is 13.2 Å². The number of halogens is 3. The van der Waals surface area contributed by atoms with Gasteiger partial charge in [-0.05, 0) is 37.5 Å². The maximum Gasteiger partial charge on any atom is 0.416 e. The van der Waals surface area contributed by atoms with E-state index in [0.29, 0.717) is 6.42 Å². The molecular weight excluding hydrogens is 337 g/mol. The van der Waals surface area contributed by atoms with Gasteiger partial charge >= 0.3 is 6.18 Å². The molecule has 8 heteroatoms. The lowest BCUT2D eigenvalue weighted by molar-refractivity contribution is -0.137. The molecule has 1 heterocycles. The van der Waals surface area contributed by atoms with Crippen molar-refractivity contribution in [2.45, 2.75) is 50.0 Å². The Bertz CT molecular complexity index is 673. The van der Waals surface area contributed by atoms with E-state index in [9.17, 15) is 22.8 Å². The van der Waals surface area contributed by atoms with Gasteiger partial charge in [-0.15, -0.1) is 0 Å². The summed E-state index contributed by atoms with van der Waals surface area (Å²) in [5.41, 5.74) is 4.44. The highest BCUT2D eigenvalue weighted by atomic mass is 19.4. The fourth-order valence-corrected chi connectivity index (χ4v) is 3.19. The average molecular weight is 356 g/mol. The number of amides is 2. The summed E-state index contributed by atoms with van der Waals surface area (Å²) in [5.74, 6) is -1.03. The Morgan fingerprint density at radius 3 is 2.48 bits per heavy atom. The molecular formula is C17H19F3N2O3. The molecule has 2 N–H and O–H groups in total. The molecule has 2 atom stereocenters. The third kappa shape index (κ3) is 3.95. The van der Waals surface area contributed by atoms with E-state index in [1.165, 1.54) is 12.1 Å². The maximum absolute atomic E-state index is 12.9. The zero-order chi connectivity index (χ0) is 18.2. The molecule has 0 aromatic heterocycles. The Kier molecular flexibility index (Phi) is 4.73. The Balaban J connectivity index is 1.84. The predicted molar refractivity (Wildman–Crippen MR) is 82.6 cm³/mol. The molecule has 2 fully saturated rings. The minimum Gasteiger partial charge on any atom is -0.368 e. The summed E-state index contributed by atoms with van der Waals surface area (Å²) in [4.78, 5) is 25.9. The molecule has 0 spiro atoms. The monoisotopic (exact) mass is 356 g/mol. The van der Waals surface area contributed by atoms with Gasteiger partial charge in [-0.3, -0.25) is 9.59 Å². The first-order valence-electron chi connectivity index (χ1n) is 8.18. The molecule has 0 unspecified atom stereocenters. The Morgan fingerprint density at radius 1 is 1.16 bits per heavy atom. The van der Waals surface area contributed by atoms with Crippen LogP contribution in [0.4, 0.5) is 13.2 Å². The molecule has 2 aliphatic rings. The molecule has 25 heavy (non-hydrogen) atoms. The third-order valence-corrected chi connectivity index (χ3v) is 4.58. The van der Waals surface area contributed by atoms with Crippen LogP contribution < -0.4 is 5.73 Å². The zero-order valence-corrected chi connectivity index (χ0v) is 13.5. The molecule has 1 aliphatic heterocycles. The Hall–Kier alpha value is -2.09. The van der Waals surface area contributed by atoms with Crippen molar-refractivity contribution in [1.82, 2.24) is 4.90 Å². The van der Waals surface area contributed by atoms with Crippen molar-refractivity contribution >= 4 is 11.8 Å². The van der Waals surface area contributed by atoms with Gasteiger partial charge in [-0.1, -0.05) is 6.07 Å². The zero-order valence-electron chi connectivity index (χ0n) is 13.5. The van der Waals surface area contributed by atoms with Crippen molar-refractivity contribution in [2.75, 3.05) is 6.61 Å². The highest BCUT2D eigenvalue weighted by molar-refractivity contribution is 5.95. The second-order valence-electron chi connectivity index (χ2n) is 6.46. The first kappa shape index (κ1) is 17.7. The van der Waals surface area contributed by atoms with Gasteiger partial charge in [-0.25, -0.2) is 0 Å². The van der Waals surface area contributed by atoms with Crippen LogP contribution in [0.15, 0.2) is 24.3 Å². The smallest absolute Gasteiger partial charge is 0.368 e. The topological polar surface area (TPSA) is 72.6 Å². The van der Waals surface area contributed by atoms with Crippen LogP contribution in [0.25, 0.3) is 0 Å². The van der Waals surface area contributed by atoms with Gasteiger partial charge in [0.25, 0.3) is 5.91 Å². The van der Waals surface area contributed by atoms with Crippen molar-refractivity contribution < 1.29 is 27.5 Å². The van der Waals surface area contributed by atoms with Crippen molar-refractivity contribution in [3.63, 3.8) is 0 Å². The summed E-state index contributed by atoms with van der Waals surface area (Å²) in [7, 11) is 0. The van der Waals surface area contributed by atoms with Gasteiger partial charge in [0, 0.05) is 30.7 Å². The molecule has 1 aromatic rings. The second-order valence-corrected chi connectivity index (χ2v) is 6.46. The Morgan fingerprint density at radius 2 is 1.88 bits per heavy atom. The fraction of sp³-hybridized carbons (Fsp3) is 0.529. The highest BCUT2D eigenvalue weighted by Gasteiger charge is 2.41. The van der Waals surface area contributed by atoms with Crippen LogP contribution in [0.5, 0.6) is 0 Å². The van der Waals surface area contributed by atoms with Crippen molar-refractivity contribution in [1.29, 1.82) is 0 Å². The summed E-state index contributed by atoms with van der Waals surface area (Å²) in [6, 6.07) is 4.17. The molecule has 1 saturated carbocycles. The van der Waals surface area contributed by atoms with Crippen LogP contribution in [0.1, 0.15) is 41.6 Å². The minimum atomic E-state index is -4.50. The first-order chi connectivity index (χ1) is 11.8. The predicted octanol–water partition coefficient (Wildman–Crippen LogP) is 2.34. The molecule has 136 valence electrons. The van der Waals surface area contributed by atoms with E-state index in [1.54, 1.807) is 4.90 Å². The van der Waals surface area contributed by atoms with Crippen LogP contribution in [-0.4, -0.2) is 41.5 Å². The second kappa shape index (κ2) is 6.67. The van der Waals surface area contributed by atoms with Crippen LogP contribution >= 0.6 is 0 Å². The summed E-state index contributed by atoms with van der Waals surface area (Å²) in [6.45, 7) is 0.289. The van der Waals surface area contributed by atoms with Gasteiger partial charge in [0.1, 0.15) is 6.10 Å². The summed E-state index contributed by atoms with van der Waals surface area (Å²) < 4.78 is 44.0. The normalized spacial score (nSPS) is 24.0. The third-order valence-electron chi connectivity index (χ3n) is 4.58. The van der Waals surface area contributed by atoms with Gasteiger partial charge in [0.05, 0.1) is 5.56 Å². The molecule has 0 radical (unpaired) electrons. The van der Waals surface area contributed by atoms with Gasteiger partial charge in [0.2, 0.25) is 5.91 Å². The van der Waals surface area contributed by atoms with Crippen molar-refractivity contribution in [3.05, 3.63) is 35.4 Å². The quantitative estimate of drug-likeness (QED) is 0.900. The molecule has 2 amide bonds. The van der Waals surface area contributed by atoms with Crippen LogP contribution in [0.2, 0.25) is 0 Å². The van der Waals surface area contributed by atoms with E-state index < -0.39 is 29.7 Å². The lowest BCUT2D eigenvalue weighted by Crippen LogP contribution is -2.49. The highest BCUT2D eigenvalue weighted by Crippen LogP contribution is 2.35. The summed E-state index contributed by atoms with van der Waals surface area (Å²) >= 11 is 0. The number of hydrogen-bond donors (Lipinski definition) is 1. The number of carbonyl (C=O) groups excluding carboxylic acids is 2. The summed E-state index contributed by atoms with van der Waals surface area (Å²) in [6.07, 6.45) is -2.85. The van der Waals surface area contributed by atoms with E-state index in [-0.39, 0.29) is 30.7 Å². The number of alkyl halides is 3. The van der Waals surface area contributed by atoms with E-state index in [4.69, 9.17) is 10.5 Å². The minimum absolute atomic E-state index is 0.00123. The number of carbonyl (C=O) groups is 2. The number of rotatable bonds is 4. The number of ether oxygens (including phenoxy) is 1. The number of primary amides is 1. The van der Waals surface area contributed by atoms with E-state index in [0.717, 1.165) is 25.0 Å². The molecule has 3 rings (SSSR count). The van der Waals surface area contributed by atoms with Crippen LogP contribution in [0.3, 0.4) is 0 Å². The molecule has 1 aliphatic carbocycles. The van der Waals surface area contributed by atoms with E-state index in [1.807, 2.05) is 0 Å². The number of hydrogen-bond acceptors (Lipinski definition) is 3. The van der Waals surface area contributed by atoms with Crippen molar-refractivity contribution in [2.24, 2.45) is 5.73 Å². The Labute approximate surface area is 142 Å². The van der Waals surface area contributed by atoms with Gasteiger partial charge in [0.15, 0.2) is 0 Å². The standard InChI is InChI=1S/C17H19F3N2O3/c18-17(19,20)11-3-1-2-10(8-11)16(24)22(12-4-5-12)13-6-7-25-14(9-13)15(21)23/h1-3,8,12-14H,4-7,9H2,(H2,21,23)/t13-,14+/m0/s1. The van der Waals surface area contributed by atoms with Crippen molar-refractivity contribution in [3.8, 4) is 0 Å². The van der Waals surface area contributed by atoms with Crippen LogP contribution in [-0.2, 0) is 15.7 Å². The summed E-state index contributed by atoms with van der Waals surface area (Å²) in [5, 5.41) is 0. The van der Waals surface area contributed by atoms with E-state index in [2.05, 4.69) is 0 Å². The molecule has 1 saturated heterocycles. The lowest BCUT2D eigenvalue weighted by Gasteiger charge is -2.37. The van der Waals surface area contributed by atoms with E-state index >= 15 is 0 Å². The molecule has 1 aromatic carbocycles. The fourth-order valence-electron chi connectivity index (χ4n) is 3.19. The van der Waals surface area contributed by atoms with Gasteiger partial charge < -0.3 is 15.4 Å². The van der Waals surface area contributed by atoms with Crippen LogP contribution in [0, 0.1) is 0 Å². The average Bonchev–Trinajstić information content (AvgIpc) is 3.39. The molecule has 0 bridgehead atoms. The first-order valence-corrected chi connectivity index (χ1v) is 8.18. The lowest BCUT2D eigenvalue weighted by atomic mass is 9.99. The number of nitrogens with two attached hydrogens (primary N) is 1. The number of nitrogens with zero attached hydrogens (tertiary/aromatic N) is 1. The molecule has 5 nitrogen and oxygen atoms in total. The SMILES string of the molecule is NC(=O)[C@H]1C[C@@H](N(C(=O)c2cccc(C(F)(F)F)c2)C2CC2)CCO1. The largest absolute Gasteiger partial charge is 0.416 e.